The number of hydrogen-bond donors (Lipinski definition) is 1. The number of anilines is 1. The molecular weight excluding hydrogens is 273 g/mol. The van der Waals surface area contributed by atoms with Crippen LogP contribution in [0.3, 0.4) is 0 Å². The maximum atomic E-state index is 13.0. The predicted octanol–water partition coefficient (Wildman–Crippen LogP) is 3.21. The third-order valence-electron chi connectivity index (χ3n) is 4.26. The van der Waals surface area contributed by atoms with E-state index in [0.717, 1.165) is 12.8 Å². The van der Waals surface area contributed by atoms with Crippen LogP contribution >= 0.6 is 0 Å². The van der Waals surface area contributed by atoms with Gasteiger partial charge in [0.25, 0.3) is 0 Å². The Hall–Kier alpha value is -1.91. The van der Waals surface area contributed by atoms with Crippen LogP contribution in [-0.2, 0) is 9.59 Å². The van der Waals surface area contributed by atoms with E-state index in [1.165, 1.54) is 17.0 Å². The molecule has 1 aliphatic carbocycles. The number of aliphatic carboxylic acids is 1. The summed E-state index contributed by atoms with van der Waals surface area (Å²) < 4.78 is 13.0. The minimum atomic E-state index is -0.926. The molecule has 1 saturated carbocycles. The van der Waals surface area contributed by atoms with E-state index >= 15 is 0 Å². The maximum absolute atomic E-state index is 13.0. The van der Waals surface area contributed by atoms with Gasteiger partial charge in [-0.1, -0.05) is 12.8 Å². The molecule has 0 unspecified atom stereocenters. The lowest BCUT2D eigenvalue weighted by Crippen LogP contribution is -2.38. The van der Waals surface area contributed by atoms with Gasteiger partial charge in [0.1, 0.15) is 5.82 Å². The van der Waals surface area contributed by atoms with Crippen LogP contribution in [0, 0.1) is 11.2 Å². The average Bonchev–Trinajstić information content (AvgIpc) is 2.91. The third-order valence-corrected chi connectivity index (χ3v) is 4.26. The lowest BCUT2D eigenvalue weighted by molar-refractivity contribution is -0.151. The molecule has 0 aliphatic heterocycles. The molecule has 1 aromatic carbocycles. The minimum Gasteiger partial charge on any atom is -0.481 e. The Morgan fingerprint density at radius 3 is 2.29 bits per heavy atom. The monoisotopic (exact) mass is 293 g/mol. The van der Waals surface area contributed by atoms with E-state index in [-0.39, 0.29) is 18.1 Å². The Kier molecular flexibility index (Phi) is 4.60. The molecule has 0 radical (unpaired) electrons. The van der Waals surface area contributed by atoms with Gasteiger partial charge in [-0.05, 0) is 44.0 Å². The normalized spacial score (nSPS) is 16.7. The highest BCUT2D eigenvalue weighted by Gasteiger charge is 2.43. The number of carbonyl (C=O) groups is 2. The van der Waals surface area contributed by atoms with Crippen molar-refractivity contribution in [3.8, 4) is 0 Å². The summed E-state index contributed by atoms with van der Waals surface area (Å²) in [4.78, 5) is 25.5. The van der Waals surface area contributed by atoms with Crippen LogP contribution in [0.5, 0.6) is 0 Å². The first-order chi connectivity index (χ1) is 9.98. The summed E-state index contributed by atoms with van der Waals surface area (Å²) in [6.07, 6.45) is 2.81. The molecule has 1 N–H and O–H groups in total. The smallest absolute Gasteiger partial charge is 0.310 e. The number of hydrogen-bond acceptors (Lipinski definition) is 2. The number of amides is 1. The quantitative estimate of drug-likeness (QED) is 0.907. The summed E-state index contributed by atoms with van der Waals surface area (Å²) in [6.45, 7) is 2.25. The van der Waals surface area contributed by atoms with Gasteiger partial charge >= 0.3 is 5.97 Å². The van der Waals surface area contributed by atoms with Gasteiger partial charge in [-0.3, -0.25) is 9.59 Å². The first-order valence-corrected chi connectivity index (χ1v) is 7.28. The second-order valence-corrected chi connectivity index (χ2v) is 5.58. The summed E-state index contributed by atoms with van der Waals surface area (Å²) in [7, 11) is 0. The molecule has 1 aromatic rings. The molecule has 2 rings (SSSR count). The Morgan fingerprint density at radius 2 is 1.81 bits per heavy atom. The summed E-state index contributed by atoms with van der Waals surface area (Å²) >= 11 is 0. The van der Waals surface area contributed by atoms with Crippen molar-refractivity contribution in [3.05, 3.63) is 30.1 Å². The zero-order chi connectivity index (χ0) is 15.5. The molecule has 0 atom stereocenters. The molecule has 114 valence electrons. The zero-order valence-corrected chi connectivity index (χ0v) is 12.1. The van der Waals surface area contributed by atoms with Crippen molar-refractivity contribution in [1.29, 1.82) is 0 Å². The standard InChI is InChI=1S/C16H20FNO3/c1-2-18(13-7-5-12(17)6-8-13)14(19)11-16(15(20)21)9-3-4-10-16/h5-8H,2-4,9-11H2,1H3,(H,20,21). The van der Waals surface area contributed by atoms with Crippen molar-refractivity contribution < 1.29 is 19.1 Å². The number of carbonyl (C=O) groups excluding carboxylic acids is 1. The van der Waals surface area contributed by atoms with Crippen LogP contribution < -0.4 is 4.90 Å². The molecule has 0 aromatic heterocycles. The summed E-state index contributed by atoms with van der Waals surface area (Å²) in [5.74, 6) is -1.46. The molecule has 1 fully saturated rings. The molecule has 1 amide bonds. The Labute approximate surface area is 123 Å². The Bertz CT molecular complexity index is 521. The third kappa shape index (κ3) is 3.23. The van der Waals surface area contributed by atoms with Crippen molar-refractivity contribution in [2.24, 2.45) is 5.41 Å². The van der Waals surface area contributed by atoms with Crippen LogP contribution in [0.25, 0.3) is 0 Å². The van der Waals surface area contributed by atoms with Crippen molar-refractivity contribution in [2.75, 3.05) is 11.4 Å². The van der Waals surface area contributed by atoms with Crippen LogP contribution in [0.4, 0.5) is 10.1 Å². The molecule has 1 aliphatic rings. The molecule has 0 bridgehead atoms. The minimum absolute atomic E-state index is 0.00749. The second kappa shape index (κ2) is 6.24. The largest absolute Gasteiger partial charge is 0.481 e. The van der Waals surface area contributed by atoms with Crippen molar-refractivity contribution >= 4 is 17.6 Å². The summed E-state index contributed by atoms with van der Waals surface area (Å²) in [5.41, 5.74) is -0.327. The van der Waals surface area contributed by atoms with Gasteiger partial charge in [-0.2, -0.15) is 0 Å². The van der Waals surface area contributed by atoms with Gasteiger partial charge in [0.15, 0.2) is 0 Å². The van der Waals surface area contributed by atoms with E-state index < -0.39 is 11.4 Å². The number of carboxylic acid groups (broad SMARTS) is 1. The molecule has 0 heterocycles. The van der Waals surface area contributed by atoms with Gasteiger partial charge in [-0.15, -0.1) is 0 Å². The van der Waals surface area contributed by atoms with Crippen LogP contribution in [0.15, 0.2) is 24.3 Å². The number of nitrogens with zero attached hydrogens (tertiary/aromatic N) is 1. The highest BCUT2D eigenvalue weighted by Crippen LogP contribution is 2.42. The van der Waals surface area contributed by atoms with E-state index in [0.29, 0.717) is 25.1 Å². The van der Waals surface area contributed by atoms with Crippen molar-refractivity contribution in [1.82, 2.24) is 0 Å². The van der Waals surface area contributed by atoms with Crippen molar-refractivity contribution in [3.63, 3.8) is 0 Å². The van der Waals surface area contributed by atoms with Crippen molar-refractivity contribution in [2.45, 2.75) is 39.0 Å². The fourth-order valence-electron chi connectivity index (χ4n) is 3.03. The maximum Gasteiger partial charge on any atom is 0.310 e. The van der Waals surface area contributed by atoms with Gasteiger partial charge in [0.2, 0.25) is 5.91 Å². The fourth-order valence-corrected chi connectivity index (χ4v) is 3.03. The van der Waals surface area contributed by atoms with E-state index in [1.54, 1.807) is 12.1 Å². The SMILES string of the molecule is CCN(C(=O)CC1(C(=O)O)CCCC1)c1ccc(F)cc1. The number of halogens is 1. The second-order valence-electron chi connectivity index (χ2n) is 5.58. The molecule has 5 heteroatoms. The average molecular weight is 293 g/mol. The van der Waals surface area contributed by atoms with E-state index in [9.17, 15) is 19.1 Å². The van der Waals surface area contributed by atoms with Crippen LogP contribution in [0.2, 0.25) is 0 Å². The van der Waals surface area contributed by atoms with E-state index in [1.807, 2.05) is 6.92 Å². The highest BCUT2D eigenvalue weighted by molar-refractivity contribution is 5.96. The number of benzene rings is 1. The molecular formula is C16H20FNO3. The molecule has 4 nitrogen and oxygen atoms in total. The topological polar surface area (TPSA) is 57.6 Å². The van der Waals surface area contributed by atoms with Crippen LogP contribution in [0.1, 0.15) is 39.0 Å². The summed E-state index contributed by atoms with van der Waals surface area (Å²) in [5, 5.41) is 9.45. The first-order valence-electron chi connectivity index (χ1n) is 7.28. The number of rotatable bonds is 5. The molecule has 21 heavy (non-hydrogen) atoms. The van der Waals surface area contributed by atoms with Crippen LogP contribution in [-0.4, -0.2) is 23.5 Å². The lowest BCUT2D eigenvalue weighted by Gasteiger charge is -2.28. The van der Waals surface area contributed by atoms with E-state index in [2.05, 4.69) is 0 Å². The number of carboxylic acids is 1. The summed E-state index contributed by atoms with van der Waals surface area (Å²) in [6, 6.07) is 5.68. The lowest BCUT2D eigenvalue weighted by atomic mass is 9.82. The Balaban J connectivity index is 2.16. The fraction of sp³-hybridized carbons (Fsp3) is 0.500. The Morgan fingerprint density at radius 1 is 1.24 bits per heavy atom. The molecule has 0 saturated heterocycles. The zero-order valence-electron chi connectivity index (χ0n) is 12.1. The highest BCUT2D eigenvalue weighted by atomic mass is 19.1. The predicted molar refractivity (Wildman–Crippen MR) is 77.6 cm³/mol. The van der Waals surface area contributed by atoms with Gasteiger partial charge in [0, 0.05) is 18.7 Å². The van der Waals surface area contributed by atoms with Gasteiger partial charge in [0.05, 0.1) is 5.41 Å². The van der Waals surface area contributed by atoms with Gasteiger partial charge in [-0.25, -0.2) is 4.39 Å². The van der Waals surface area contributed by atoms with E-state index in [4.69, 9.17) is 0 Å². The van der Waals surface area contributed by atoms with Gasteiger partial charge < -0.3 is 10.0 Å². The first kappa shape index (κ1) is 15.5. The molecule has 0 spiro atoms.